The van der Waals surface area contributed by atoms with E-state index >= 15 is 0 Å². The van der Waals surface area contributed by atoms with Crippen molar-refractivity contribution in [3.8, 4) is 11.3 Å². The van der Waals surface area contributed by atoms with E-state index in [9.17, 15) is 9.90 Å². The zero-order valence-electron chi connectivity index (χ0n) is 28.6. The van der Waals surface area contributed by atoms with Crippen molar-refractivity contribution in [2.75, 3.05) is 0 Å². The van der Waals surface area contributed by atoms with Crippen molar-refractivity contribution in [3.05, 3.63) is 77.8 Å². The second-order valence-electron chi connectivity index (χ2n) is 13.5. The molecule has 3 aromatic carbocycles. The van der Waals surface area contributed by atoms with Gasteiger partial charge in [0.15, 0.2) is 5.78 Å². The Kier molecular flexibility index (Phi) is 13.2. The molecule has 1 aromatic heterocycles. The third-order valence-corrected chi connectivity index (χ3v) is 13.7. The SMILES string of the molecule is CCC(C)(CC)C(=O)/C=C(\O)C(C)(CC)CC.Cc1[c-]c(-c2ncnc3c2ccc2ccc[c]([Ge]([CH3])([CH3])[CH3])c23)cc(C)c1.[Ir]. The zero-order chi connectivity index (χ0) is 32.2. The minimum atomic E-state index is -2.04. The predicted octanol–water partition coefficient (Wildman–Crippen LogP) is 10.1. The standard InChI is InChI=1S/C23H23GeN2.C15H28O2.Ir/c1-15-11-16(2)13-18(12-15)22-19-10-9-17-7-6-8-20(24(3,4)5)21(17)23(19)26-14-25-22;1-7-14(5,8-2)12(16)11-13(17)15(6,9-3)10-4;/h6-12,14H,1-5H3;11,16H,7-10H2,1-6H3;/q-1;;/b;12-11-;. The van der Waals surface area contributed by atoms with Crippen LogP contribution in [0, 0.1) is 30.7 Å². The number of nitrogens with zero attached hydrogens (tertiary/aromatic N) is 2. The number of ketones is 1. The maximum absolute atomic E-state index is 12.2. The van der Waals surface area contributed by atoms with Gasteiger partial charge in [0.2, 0.25) is 0 Å². The first-order valence-electron chi connectivity index (χ1n) is 15.8. The van der Waals surface area contributed by atoms with E-state index in [-0.39, 0.29) is 42.5 Å². The van der Waals surface area contributed by atoms with Crippen LogP contribution in [0.1, 0.15) is 78.4 Å². The molecule has 4 nitrogen and oxygen atoms in total. The molecule has 4 rings (SSSR count). The summed E-state index contributed by atoms with van der Waals surface area (Å²) in [5, 5.41) is 13.8. The van der Waals surface area contributed by atoms with E-state index in [0.29, 0.717) is 0 Å². The van der Waals surface area contributed by atoms with E-state index in [1.807, 2.05) is 41.5 Å². The fraction of sp³-hybridized carbons (Fsp3) is 0.447. The number of aryl methyl sites for hydroxylation is 2. The summed E-state index contributed by atoms with van der Waals surface area (Å²) in [6.07, 6.45) is 6.46. The molecule has 1 N–H and O–H groups in total. The summed E-state index contributed by atoms with van der Waals surface area (Å²) < 4.78 is 1.50. The minimum Gasteiger partial charge on any atom is 0 e. The molecule has 0 bridgehead atoms. The third kappa shape index (κ3) is 8.27. The van der Waals surface area contributed by atoms with E-state index < -0.39 is 13.3 Å². The zero-order valence-corrected chi connectivity index (χ0v) is 33.1. The molecule has 0 aliphatic carbocycles. The van der Waals surface area contributed by atoms with Gasteiger partial charge < -0.3 is 5.11 Å². The number of carbonyl (C=O) groups excluding carboxylic acids is 1. The van der Waals surface area contributed by atoms with Crippen molar-refractivity contribution < 1.29 is 30.0 Å². The van der Waals surface area contributed by atoms with Gasteiger partial charge in [-0.1, -0.05) is 41.5 Å². The van der Waals surface area contributed by atoms with Crippen molar-refractivity contribution in [3.63, 3.8) is 0 Å². The molecule has 6 heteroatoms. The number of aliphatic hydroxyl groups excluding tert-OH is 1. The number of carbonyl (C=O) groups is 1. The molecule has 0 aliphatic rings. The van der Waals surface area contributed by atoms with Gasteiger partial charge in [0.1, 0.15) is 5.76 Å². The molecule has 0 unspecified atom stereocenters. The Morgan fingerprint density at radius 3 is 2.07 bits per heavy atom. The van der Waals surface area contributed by atoms with Crippen molar-refractivity contribution in [1.29, 1.82) is 0 Å². The quantitative estimate of drug-likeness (QED) is 0.0600. The number of benzene rings is 3. The fourth-order valence-electron chi connectivity index (χ4n) is 5.45. The summed E-state index contributed by atoms with van der Waals surface area (Å²) in [6.45, 7) is 16.3. The maximum atomic E-state index is 12.2. The first-order chi connectivity index (χ1) is 20.1. The Bertz CT molecular complexity index is 1610. The fourth-order valence-corrected chi connectivity index (χ4v) is 8.82. The van der Waals surface area contributed by atoms with Crippen LogP contribution in [-0.2, 0) is 24.9 Å². The largest absolute Gasteiger partial charge is 0 e. The van der Waals surface area contributed by atoms with Crippen LogP contribution in [0.4, 0.5) is 0 Å². The van der Waals surface area contributed by atoms with Gasteiger partial charge >= 0.3 is 158 Å². The molecule has 0 atom stereocenters. The van der Waals surface area contributed by atoms with Gasteiger partial charge in [-0.05, 0) is 25.7 Å². The summed E-state index contributed by atoms with van der Waals surface area (Å²) in [7, 11) is 0. The Hall–Kier alpha value is -2.34. The van der Waals surface area contributed by atoms with Gasteiger partial charge in [0, 0.05) is 37.0 Å². The third-order valence-electron chi connectivity index (χ3n) is 9.46. The van der Waals surface area contributed by atoms with Crippen LogP contribution >= 0.6 is 0 Å². The van der Waals surface area contributed by atoms with Gasteiger partial charge in [0.05, 0.1) is 0 Å². The monoisotopic (exact) mass is 834 g/mol. The molecule has 4 aromatic rings. The van der Waals surface area contributed by atoms with Crippen LogP contribution in [0.2, 0.25) is 17.3 Å². The molecular formula is C38H51GeIrN2O2-. The van der Waals surface area contributed by atoms with Gasteiger partial charge in [-0.3, -0.25) is 4.79 Å². The summed E-state index contributed by atoms with van der Waals surface area (Å²) in [6, 6.07) is 18.8. The van der Waals surface area contributed by atoms with Crippen molar-refractivity contribution >= 4 is 45.1 Å². The van der Waals surface area contributed by atoms with Gasteiger partial charge in [0.25, 0.3) is 0 Å². The number of hydrogen-bond acceptors (Lipinski definition) is 4. The number of fused-ring (bicyclic) bond motifs is 3. The van der Waals surface area contributed by atoms with E-state index in [1.54, 1.807) is 6.33 Å². The number of hydrogen-bond donors (Lipinski definition) is 1. The molecule has 0 amide bonds. The van der Waals surface area contributed by atoms with E-state index in [1.165, 1.54) is 26.8 Å². The molecule has 0 aliphatic heterocycles. The minimum absolute atomic E-state index is 0. The molecule has 0 saturated carbocycles. The van der Waals surface area contributed by atoms with Gasteiger partial charge in [-0.25, -0.2) is 0 Å². The summed E-state index contributed by atoms with van der Waals surface area (Å²) in [4.78, 5) is 21.5. The Morgan fingerprint density at radius 2 is 1.52 bits per heavy atom. The van der Waals surface area contributed by atoms with Gasteiger partial charge in [-0.2, -0.15) is 0 Å². The molecule has 0 spiro atoms. The molecular weight excluding hydrogens is 781 g/mol. The second kappa shape index (κ2) is 15.3. The molecule has 0 fully saturated rings. The maximum Gasteiger partial charge on any atom is 0 e. The van der Waals surface area contributed by atoms with E-state index in [2.05, 4.69) is 84.6 Å². The number of rotatable bonds is 9. The predicted molar refractivity (Wildman–Crippen MR) is 187 cm³/mol. The smallest absolute Gasteiger partial charge is 0 e. The van der Waals surface area contributed by atoms with Crippen LogP contribution in [0.25, 0.3) is 32.9 Å². The average molecular weight is 833 g/mol. The molecule has 44 heavy (non-hydrogen) atoms. The summed E-state index contributed by atoms with van der Waals surface area (Å²) >= 11 is -2.04. The van der Waals surface area contributed by atoms with E-state index in [4.69, 9.17) is 4.98 Å². The molecule has 1 radical (unpaired) electrons. The average Bonchev–Trinajstić information content (AvgIpc) is 2.98. The van der Waals surface area contributed by atoms with Crippen LogP contribution in [0.3, 0.4) is 0 Å². The summed E-state index contributed by atoms with van der Waals surface area (Å²) in [5.41, 5.74) is 4.85. The Labute approximate surface area is 281 Å². The van der Waals surface area contributed by atoms with Crippen molar-refractivity contribution in [1.82, 2.24) is 9.97 Å². The van der Waals surface area contributed by atoms with Crippen molar-refractivity contribution in [2.24, 2.45) is 10.8 Å². The van der Waals surface area contributed by atoms with Gasteiger partial charge in [-0.15, -0.1) is 0 Å². The number of aromatic nitrogens is 2. The van der Waals surface area contributed by atoms with E-state index in [0.717, 1.165) is 53.4 Å². The second-order valence-corrected chi connectivity index (χ2v) is 24.1. The first kappa shape index (κ1) is 37.8. The Morgan fingerprint density at radius 1 is 0.909 bits per heavy atom. The Balaban J connectivity index is 0.000000331. The summed E-state index contributed by atoms with van der Waals surface area (Å²) in [5.74, 6) is 7.60. The normalized spacial score (nSPS) is 12.5. The molecule has 1 heterocycles. The topological polar surface area (TPSA) is 63.1 Å². The molecule has 239 valence electrons. The van der Waals surface area contributed by atoms with Crippen LogP contribution in [-0.4, -0.2) is 34.1 Å². The van der Waals surface area contributed by atoms with Crippen LogP contribution in [0.5, 0.6) is 0 Å². The van der Waals surface area contributed by atoms with Crippen molar-refractivity contribution in [2.45, 2.75) is 98.3 Å². The van der Waals surface area contributed by atoms with Crippen LogP contribution in [0.15, 0.2) is 60.6 Å². The van der Waals surface area contributed by atoms with Crippen LogP contribution < -0.4 is 4.40 Å². The first-order valence-corrected chi connectivity index (χ1v) is 23.1. The number of allylic oxidation sites excluding steroid dienone is 2. The number of aliphatic hydroxyl groups is 1. The molecule has 0 saturated heterocycles.